The third-order valence-electron chi connectivity index (χ3n) is 5.19. The van der Waals surface area contributed by atoms with Crippen molar-refractivity contribution < 1.29 is 29.2 Å². The minimum Gasteiger partial charge on any atom is -0.462 e. The molecule has 0 amide bonds. The largest absolute Gasteiger partial charge is 0.462 e. The SMILES string of the molecule is CCCCCCCCC1(O)OC2C(O)COC23COC(=O)C13. The van der Waals surface area contributed by atoms with Gasteiger partial charge >= 0.3 is 5.97 Å². The van der Waals surface area contributed by atoms with Gasteiger partial charge in [-0.1, -0.05) is 39.0 Å². The number of aliphatic hydroxyl groups excluding tert-OH is 1. The molecule has 1 spiro atoms. The fourth-order valence-electron chi connectivity index (χ4n) is 4.05. The Hall–Kier alpha value is -0.690. The molecule has 2 N–H and O–H groups in total. The summed E-state index contributed by atoms with van der Waals surface area (Å²) in [6, 6.07) is 0. The van der Waals surface area contributed by atoms with E-state index in [9.17, 15) is 15.0 Å². The Labute approximate surface area is 130 Å². The van der Waals surface area contributed by atoms with E-state index in [1.807, 2.05) is 0 Å². The van der Waals surface area contributed by atoms with E-state index in [1.54, 1.807) is 0 Å². The maximum Gasteiger partial charge on any atom is 0.317 e. The maximum absolute atomic E-state index is 12.1. The lowest BCUT2D eigenvalue weighted by Gasteiger charge is -2.28. The van der Waals surface area contributed by atoms with Crippen molar-refractivity contribution in [2.45, 2.75) is 75.5 Å². The van der Waals surface area contributed by atoms with Gasteiger partial charge in [0.15, 0.2) is 5.79 Å². The van der Waals surface area contributed by atoms with Gasteiger partial charge in [-0.25, -0.2) is 0 Å². The third kappa shape index (κ3) is 2.46. The maximum atomic E-state index is 12.1. The minimum absolute atomic E-state index is 0.0526. The predicted molar refractivity (Wildman–Crippen MR) is 77.0 cm³/mol. The minimum atomic E-state index is -1.58. The summed E-state index contributed by atoms with van der Waals surface area (Å²) in [6.45, 7) is 2.34. The first-order chi connectivity index (χ1) is 10.5. The van der Waals surface area contributed by atoms with Gasteiger partial charge in [-0.05, 0) is 6.42 Å². The number of carbonyl (C=O) groups excluding carboxylic acids is 1. The Bertz CT molecular complexity index is 427. The van der Waals surface area contributed by atoms with Crippen LogP contribution in [0, 0.1) is 5.92 Å². The lowest BCUT2D eigenvalue weighted by molar-refractivity contribution is -0.231. The molecule has 0 aromatic rings. The summed E-state index contributed by atoms with van der Waals surface area (Å²) in [5.74, 6) is -2.91. The lowest BCUT2D eigenvalue weighted by atomic mass is 9.81. The van der Waals surface area contributed by atoms with Gasteiger partial charge in [0, 0.05) is 6.42 Å². The molecule has 3 fully saturated rings. The summed E-state index contributed by atoms with van der Waals surface area (Å²) in [4.78, 5) is 12.1. The number of ether oxygens (including phenoxy) is 3. The first-order valence-corrected chi connectivity index (χ1v) is 8.42. The molecule has 22 heavy (non-hydrogen) atoms. The molecular weight excluding hydrogens is 288 g/mol. The number of esters is 1. The van der Waals surface area contributed by atoms with Crippen molar-refractivity contribution in [2.24, 2.45) is 5.92 Å². The van der Waals surface area contributed by atoms with Crippen LogP contribution >= 0.6 is 0 Å². The second-order valence-corrected chi connectivity index (χ2v) is 6.78. The molecule has 6 nitrogen and oxygen atoms in total. The van der Waals surface area contributed by atoms with Crippen LogP contribution in [-0.2, 0) is 19.0 Å². The highest BCUT2D eigenvalue weighted by molar-refractivity contribution is 5.78. The van der Waals surface area contributed by atoms with E-state index < -0.39 is 35.5 Å². The lowest BCUT2D eigenvalue weighted by Crippen LogP contribution is -2.47. The molecule has 0 saturated carbocycles. The summed E-state index contributed by atoms with van der Waals surface area (Å²) in [5, 5.41) is 20.8. The summed E-state index contributed by atoms with van der Waals surface area (Å²) < 4.78 is 16.5. The van der Waals surface area contributed by atoms with Crippen LogP contribution in [0.5, 0.6) is 0 Å². The standard InChI is InChI=1S/C16H26O6/c1-2-3-4-5-6-7-8-16(19)12-14(18)20-10-15(12)13(22-16)11(17)9-21-15/h11-13,17,19H,2-10H2,1H3. The fourth-order valence-corrected chi connectivity index (χ4v) is 4.05. The molecule has 0 aliphatic carbocycles. The number of aliphatic hydroxyl groups is 2. The van der Waals surface area contributed by atoms with Gasteiger partial charge in [0.1, 0.15) is 30.3 Å². The summed E-state index contributed by atoms with van der Waals surface area (Å²) in [7, 11) is 0. The molecule has 3 aliphatic rings. The fraction of sp³-hybridized carbons (Fsp3) is 0.938. The summed E-state index contributed by atoms with van der Waals surface area (Å²) >= 11 is 0. The van der Waals surface area contributed by atoms with Crippen molar-refractivity contribution in [1.82, 2.24) is 0 Å². The van der Waals surface area contributed by atoms with Crippen LogP contribution in [0.4, 0.5) is 0 Å². The molecule has 126 valence electrons. The average molecular weight is 314 g/mol. The summed E-state index contributed by atoms with van der Waals surface area (Å²) in [6.07, 6.45) is 5.36. The quantitative estimate of drug-likeness (QED) is 0.541. The third-order valence-corrected chi connectivity index (χ3v) is 5.19. The zero-order valence-electron chi connectivity index (χ0n) is 13.1. The Balaban J connectivity index is 1.62. The molecule has 5 unspecified atom stereocenters. The number of unbranched alkanes of at least 4 members (excludes halogenated alkanes) is 5. The first-order valence-electron chi connectivity index (χ1n) is 8.42. The van der Waals surface area contributed by atoms with Gasteiger partial charge in [-0.3, -0.25) is 4.79 Å². The molecule has 0 aromatic carbocycles. The van der Waals surface area contributed by atoms with Crippen molar-refractivity contribution >= 4 is 5.97 Å². The van der Waals surface area contributed by atoms with Gasteiger partial charge in [-0.15, -0.1) is 0 Å². The van der Waals surface area contributed by atoms with Crippen LogP contribution < -0.4 is 0 Å². The Morgan fingerprint density at radius 2 is 1.95 bits per heavy atom. The van der Waals surface area contributed by atoms with E-state index in [4.69, 9.17) is 14.2 Å². The van der Waals surface area contributed by atoms with Gasteiger partial charge in [0.05, 0.1) is 6.61 Å². The van der Waals surface area contributed by atoms with Crippen molar-refractivity contribution in [3.63, 3.8) is 0 Å². The number of hydrogen-bond acceptors (Lipinski definition) is 6. The van der Waals surface area contributed by atoms with Gasteiger partial charge in [0.25, 0.3) is 0 Å². The van der Waals surface area contributed by atoms with Crippen molar-refractivity contribution in [3.8, 4) is 0 Å². The second-order valence-electron chi connectivity index (χ2n) is 6.78. The van der Waals surface area contributed by atoms with Gasteiger partial charge in [0.2, 0.25) is 0 Å². The van der Waals surface area contributed by atoms with E-state index in [0.29, 0.717) is 6.42 Å². The molecule has 0 bridgehead atoms. The number of cyclic esters (lactones) is 1. The molecule has 5 atom stereocenters. The topological polar surface area (TPSA) is 85.2 Å². The second kappa shape index (κ2) is 6.07. The van der Waals surface area contributed by atoms with E-state index in [2.05, 4.69) is 6.92 Å². The zero-order valence-corrected chi connectivity index (χ0v) is 13.1. The van der Waals surface area contributed by atoms with Crippen molar-refractivity contribution in [3.05, 3.63) is 0 Å². The van der Waals surface area contributed by atoms with Crippen molar-refractivity contribution in [1.29, 1.82) is 0 Å². The zero-order chi connectivity index (χ0) is 15.8. The van der Waals surface area contributed by atoms with Crippen molar-refractivity contribution in [2.75, 3.05) is 13.2 Å². The van der Waals surface area contributed by atoms with Crippen LogP contribution in [0.3, 0.4) is 0 Å². The highest BCUT2D eigenvalue weighted by Gasteiger charge is 2.75. The highest BCUT2D eigenvalue weighted by Crippen LogP contribution is 2.54. The van der Waals surface area contributed by atoms with Gasteiger partial charge in [-0.2, -0.15) is 0 Å². The van der Waals surface area contributed by atoms with Crippen LogP contribution in [0.1, 0.15) is 51.9 Å². The highest BCUT2D eigenvalue weighted by atomic mass is 16.7. The molecule has 0 radical (unpaired) electrons. The molecule has 3 aliphatic heterocycles. The van der Waals surface area contributed by atoms with Crippen LogP contribution in [0.25, 0.3) is 0 Å². The normalized spacial score (nSPS) is 43.2. The number of hydrogen-bond donors (Lipinski definition) is 2. The smallest absolute Gasteiger partial charge is 0.317 e. The molecule has 3 heterocycles. The molecule has 3 saturated heterocycles. The number of rotatable bonds is 7. The Kier molecular flexibility index (Phi) is 4.47. The van der Waals surface area contributed by atoms with Crippen LogP contribution in [-0.4, -0.2) is 53.0 Å². The molecule has 6 heteroatoms. The van der Waals surface area contributed by atoms with E-state index in [0.717, 1.165) is 19.3 Å². The van der Waals surface area contributed by atoms with Gasteiger partial charge < -0.3 is 24.4 Å². The van der Waals surface area contributed by atoms with E-state index >= 15 is 0 Å². The molecular formula is C16H26O6. The van der Waals surface area contributed by atoms with Crippen LogP contribution in [0.2, 0.25) is 0 Å². The molecule has 0 aromatic heterocycles. The van der Waals surface area contributed by atoms with E-state index in [-0.39, 0.29) is 13.2 Å². The first kappa shape index (κ1) is 16.2. The monoisotopic (exact) mass is 314 g/mol. The summed E-state index contributed by atoms with van der Waals surface area (Å²) in [5.41, 5.74) is -1.01. The Morgan fingerprint density at radius 1 is 1.23 bits per heavy atom. The predicted octanol–water partition coefficient (Wildman–Crippen LogP) is 1.13. The average Bonchev–Trinajstić information content (AvgIpc) is 3.06. The van der Waals surface area contributed by atoms with Crippen LogP contribution in [0.15, 0.2) is 0 Å². The van der Waals surface area contributed by atoms with E-state index in [1.165, 1.54) is 19.3 Å². The number of carbonyl (C=O) groups is 1. The molecule has 3 rings (SSSR count). The Morgan fingerprint density at radius 3 is 2.73 bits per heavy atom.